The molecule has 1 aromatic carbocycles. The van der Waals surface area contributed by atoms with E-state index in [0.29, 0.717) is 19.3 Å². The van der Waals surface area contributed by atoms with Crippen LogP contribution in [0.5, 0.6) is 11.5 Å². The lowest BCUT2D eigenvalue weighted by Crippen LogP contribution is -2.22. The van der Waals surface area contributed by atoms with E-state index in [1.54, 1.807) is 11.3 Å². The van der Waals surface area contributed by atoms with E-state index in [4.69, 9.17) is 9.47 Å². The van der Waals surface area contributed by atoms with E-state index in [2.05, 4.69) is 45.7 Å². The van der Waals surface area contributed by atoms with Gasteiger partial charge in [0.05, 0.1) is 6.04 Å². The van der Waals surface area contributed by atoms with Crippen molar-refractivity contribution in [3.05, 3.63) is 44.6 Å². The van der Waals surface area contributed by atoms with Crippen LogP contribution in [0.4, 0.5) is 0 Å². The average molecular weight is 368 g/mol. The second kappa shape index (κ2) is 6.81. The summed E-state index contributed by atoms with van der Waals surface area (Å²) in [5.74, 6) is 1.79. The summed E-state index contributed by atoms with van der Waals surface area (Å²) >= 11 is 5.14. The van der Waals surface area contributed by atoms with Crippen LogP contribution in [0.1, 0.15) is 29.8 Å². The molecule has 21 heavy (non-hydrogen) atoms. The summed E-state index contributed by atoms with van der Waals surface area (Å²) in [7, 11) is 0. The summed E-state index contributed by atoms with van der Waals surface area (Å²) in [5.41, 5.74) is 1.23. The molecule has 0 spiro atoms. The number of hydrogen-bond donors (Lipinski definition) is 1. The van der Waals surface area contributed by atoms with Crippen LogP contribution in [0.2, 0.25) is 0 Å². The van der Waals surface area contributed by atoms with Crippen molar-refractivity contribution in [1.29, 1.82) is 0 Å². The first-order chi connectivity index (χ1) is 10.3. The zero-order valence-electron chi connectivity index (χ0n) is 11.9. The molecule has 0 saturated carbocycles. The second-order valence-electron chi connectivity index (χ2n) is 5.04. The maximum Gasteiger partial charge on any atom is 0.128 e. The Hall–Kier alpha value is -1.04. The second-order valence-corrected chi connectivity index (χ2v) is 6.95. The normalized spacial score (nSPS) is 16.6. The van der Waals surface area contributed by atoms with Gasteiger partial charge in [0.1, 0.15) is 24.7 Å². The van der Waals surface area contributed by atoms with Crippen molar-refractivity contribution in [2.75, 3.05) is 13.2 Å². The van der Waals surface area contributed by atoms with E-state index >= 15 is 0 Å². The van der Waals surface area contributed by atoms with E-state index in [0.717, 1.165) is 28.9 Å². The number of fused-ring (bicyclic) bond motifs is 1. The van der Waals surface area contributed by atoms with Gasteiger partial charge in [-0.05, 0) is 47.1 Å². The third kappa shape index (κ3) is 3.59. The zero-order valence-corrected chi connectivity index (χ0v) is 14.3. The highest BCUT2D eigenvalue weighted by Gasteiger charge is 2.23. The molecule has 1 N–H and O–H groups in total. The molecule has 3 rings (SSSR count). The molecule has 0 amide bonds. The number of ether oxygens (including phenoxy) is 2. The molecular formula is C16H18BrNO2S. The van der Waals surface area contributed by atoms with Crippen LogP contribution in [-0.2, 0) is 6.61 Å². The quantitative estimate of drug-likeness (QED) is 0.813. The predicted molar refractivity (Wildman–Crippen MR) is 89.3 cm³/mol. The van der Waals surface area contributed by atoms with Gasteiger partial charge in [0.2, 0.25) is 0 Å². The highest BCUT2D eigenvalue weighted by atomic mass is 79.9. The van der Waals surface area contributed by atoms with Crippen molar-refractivity contribution >= 4 is 27.3 Å². The Morgan fingerprint density at radius 1 is 1.43 bits per heavy atom. The van der Waals surface area contributed by atoms with E-state index in [-0.39, 0.29) is 0 Å². The van der Waals surface area contributed by atoms with Crippen molar-refractivity contribution < 1.29 is 9.47 Å². The molecule has 0 saturated heterocycles. The molecule has 0 bridgehead atoms. The van der Waals surface area contributed by atoms with Crippen LogP contribution >= 0.6 is 27.3 Å². The number of rotatable bonds is 6. The lowest BCUT2D eigenvalue weighted by atomic mass is 10.1. The van der Waals surface area contributed by atoms with Crippen molar-refractivity contribution in [2.45, 2.75) is 26.0 Å². The largest absolute Gasteiger partial charge is 0.491 e. The van der Waals surface area contributed by atoms with Crippen molar-refractivity contribution in [3.8, 4) is 11.5 Å². The van der Waals surface area contributed by atoms with E-state index in [9.17, 15) is 0 Å². The molecule has 112 valence electrons. The van der Waals surface area contributed by atoms with Gasteiger partial charge in [-0.25, -0.2) is 0 Å². The molecule has 2 heterocycles. The number of thiophene rings is 1. The number of hydrogen-bond acceptors (Lipinski definition) is 4. The monoisotopic (exact) mass is 367 g/mol. The average Bonchev–Trinajstić information content (AvgIpc) is 3.09. The minimum Gasteiger partial charge on any atom is -0.491 e. The van der Waals surface area contributed by atoms with Gasteiger partial charge in [-0.2, -0.15) is 0 Å². The third-order valence-corrected chi connectivity index (χ3v) is 5.08. The number of benzene rings is 1. The first-order valence-corrected chi connectivity index (χ1v) is 8.79. The molecule has 1 atom stereocenters. The van der Waals surface area contributed by atoms with Gasteiger partial charge in [-0.1, -0.05) is 6.92 Å². The van der Waals surface area contributed by atoms with Crippen LogP contribution in [0.15, 0.2) is 34.1 Å². The number of halogens is 1. The van der Waals surface area contributed by atoms with Crippen LogP contribution in [-0.4, -0.2) is 13.2 Å². The van der Waals surface area contributed by atoms with E-state index in [1.165, 1.54) is 10.4 Å². The molecule has 3 nitrogen and oxygen atoms in total. The minimum atomic E-state index is 0.308. The molecule has 1 unspecified atom stereocenters. The lowest BCUT2D eigenvalue weighted by molar-refractivity contribution is 0.299. The fourth-order valence-corrected chi connectivity index (χ4v) is 3.71. The summed E-state index contributed by atoms with van der Waals surface area (Å²) in [4.78, 5) is 1.20. The molecule has 0 fully saturated rings. The molecule has 1 aliphatic heterocycles. The van der Waals surface area contributed by atoms with Gasteiger partial charge in [-0.15, -0.1) is 11.3 Å². The Morgan fingerprint density at radius 2 is 2.33 bits per heavy atom. The Morgan fingerprint density at radius 3 is 3.10 bits per heavy atom. The van der Waals surface area contributed by atoms with Crippen LogP contribution in [0.25, 0.3) is 0 Å². The van der Waals surface area contributed by atoms with Gasteiger partial charge in [0, 0.05) is 26.4 Å². The zero-order chi connectivity index (χ0) is 14.7. The van der Waals surface area contributed by atoms with E-state index in [1.807, 2.05) is 12.1 Å². The standard InChI is InChI=1S/C16H18BrNO2S/c1-2-5-18-15-9-20-16-7-12(3-4-14(15)16)19-8-13-6-11(17)10-21-13/h3-4,6-7,10,15,18H,2,5,8-9H2,1H3. The topological polar surface area (TPSA) is 30.5 Å². The van der Waals surface area contributed by atoms with Gasteiger partial charge < -0.3 is 14.8 Å². The van der Waals surface area contributed by atoms with Crippen LogP contribution in [0, 0.1) is 0 Å². The van der Waals surface area contributed by atoms with Gasteiger partial charge in [0.25, 0.3) is 0 Å². The first kappa shape index (κ1) is 14.9. The fourth-order valence-electron chi connectivity index (χ4n) is 2.35. The van der Waals surface area contributed by atoms with Gasteiger partial charge in [0.15, 0.2) is 0 Å². The van der Waals surface area contributed by atoms with Crippen molar-refractivity contribution in [2.24, 2.45) is 0 Å². The molecular weight excluding hydrogens is 350 g/mol. The van der Waals surface area contributed by atoms with Crippen molar-refractivity contribution in [1.82, 2.24) is 5.32 Å². The molecule has 0 aliphatic carbocycles. The van der Waals surface area contributed by atoms with E-state index < -0.39 is 0 Å². The molecule has 2 aromatic rings. The molecule has 5 heteroatoms. The van der Waals surface area contributed by atoms with Crippen molar-refractivity contribution in [3.63, 3.8) is 0 Å². The highest BCUT2D eigenvalue weighted by Crippen LogP contribution is 2.35. The van der Waals surface area contributed by atoms with Crippen LogP contribution < -0.4 is 14.8 Å². The predicted octanol–water partition coefficient (Wildman–Crippen LogP) is 4.52. The summed E-state index contributed by atoms with van der Waals surface area (Å²) < 4.78 is 12.7. The fraction of sp³-hybridized carbons (Fsp3) is 0.375. The Labute approximate surface area is 137 Å². The van der Waals surface area contributed by atoms with Gasteiger partial charge in [-0.3, -0.25) is 0 Å². The molecule has 0 radical (unpaired) electrons. The Kier molecular flexibility index (Phi) is 4.83. The smallest absolute Gasteiger partial charge is 0.128 e. The maximum atomic E-state index is 5.84. The first-order valence-electron chi connectivity index (χ1n) is 7.12. The highest BCUT2D eigenvalue weighted by molar-refractivity contribution is 9.10. The Bertz CT molecular complexity index is 614. The van der Waals surface area contributed by atoms with Crippen LogP contribution in [0.3, 0.4) is 0 Å². The third-order valence-electron chi connectivity index (χ3n) is 3.41. The lowest BCUT2D eigenvalue weighted by Gasteiger charge is -2.10. The molecule has 1 aliphatic rings. The van der Waals surface area contributed by atoms with Gasteiger partial charge >= 0.3 is 0 Å². The maximum absolute atomic E-state index is 5.84. The summed E-state index contributed by atoms with van der Waals surface area (Å²) in [6, 6.07) is 8.51. The molecule has 1 aromatic heterocycles. The Balaban J connectivity index is 1.64. The summed E-state index contributed by atoms with van der Waals surface area (Å²) in [6.07, 6.45) is 1.13. The minimum absolute atomic E-state index is 0.308. The number of nitrogens with one attached hydrogen (secondary N) is 1. The summed E-state index contributed by atoms with van der Waals surface area (Å²) in [5, 5.41) is 5.56. The summed E-state index contributed by atoms with van der Waals surface area (Å²) in [6.45, 7) is 4.48. The SMILES string of the molecule is CCCNC1COc2cc(OCc3cc(Br)cs3)ccc21.